The van der Waals surface area contributed by atoms with Crippen LogP contribution in [0.25, 0.3) is 11.3 Å². The second-order valence-corrected chi connectivity index (χ2v) is 10.5. The third-order valence-corrected chi connectivity index (χ3v) is 8.22. The number of carbonyl (C=O) groups is 1. The van der Waals surface area contributed by atoms with Crippen LogP contribution < -0.4 is 10.6 Å². The van der Waals surface area contributed by atoms with Crippen molar-refractivity contribution in [3.8, 4) is 11.3 Å². The van der Waals surface area contributed by atoms with Crippen LogP contribution in [0.2, 0.25) is 0 Å². The average molecular weight is 484 g/mol. The number of aryl methyl sites for hydroxylation is 1. The lowest BCUT2D eigenvalue weighted by atomic mass is 9.73. The van der Waals surface area contributed by atoms with Gasteiger partial charge in [-0.3, -0.25) is 4.98 Å². The summed E-state index contributed by atoms with van der Waals surface area (Å²) in [5.41, 5.74) is 13.3. The lowest BCUT2D eigenvalue weighted by molar-refractivity contribution is 0.0519. The quantitative estimate of drug-likeness (QED) is 0.524. The minimum absolute atomic E-state index is 0.0444. The first-order valence-corrected chi connectivity index (χ1v) is 13.1. The summed E-state index contributed by atoms with van der Waals surface area (Å²) in [6, 6.07) is 12.6. The highest BCUT2D eigenvalue weighted by Gasteiger charge is 2.46. The van der Waals surface area contributed by atoms with Gasteiger partial charge >= 0.3 is 5.97 Å². The molecule has 1 aromatic carbocycles. The predicted molar refractivity (Wildman–Crippen MR) is 139 cm³/mol. The van der Waals surface area contributed by atoms with Gasteiger partial charge in [-0.05, 0) is 74.6 Å². The summed E-state index contributed by atoms with van der Waals surface area (Å²) in [6.07, 6.45) is 7.09. The Labute approximate surface area is 212 Å². The van der Waals surface area contributed by atoms with Crippen molar-refractivity contribution in [2.45, 2.75) is 57.9 Å². The van der Waals surface area contributed by atoms with E-state index in [1.165, 1.54) is 24.0 Å². The Morgan fingerprint density at radius 1 is 1.17 bits per heavy atom. The average Bonchev–Trinajstić information content (AvgIpc) is 3.71. The van der Waals surface area contributed by atoms with Gasteiger partial charge in [0.05, 0.1) is 18.0 Å². The molecule has 3 heterocycles. The van der Waals surface area contributed by atoms with Crippen LogP contribution in [0, 0.1) is 12.3 Å². The Kier molecular flexibility index (Phi) is 5.75. The maximum atomic E-state index is 13.1. The van der Waals surface area contributed by atoms with Gasteiger partial charge in [-0.2, -0.15) is 0 Å². The fourth-order valence-electron chi connectivity index (χ4n) is 6.01. The third-order valence-electron chi connectivity index (χ3n) is 8.22. The minimum atomic E-state index is -0.428. The van der Waals surface area contributed by atoms with E-state index in [9.17, 15) is 4.79 Å². The van der Waals surface area contributed by atoms with E-state index in [2.05, 4.69) is 40.2 Å². The molecule has 2 fully saturated rings. The summed E-state index contributed by atoms with van der Waals surface area (Å²) in [4.78, 5) is 29.6. The van der Waals surface area contributed by atoms with Gasteiger partial charge in [0.1, 0.15) is 0 Å². The Morgan fingerprint density at radius 3 is 2.67 bits per heavy atom. The number of anilines is 1. The van der Waals surface area contributed by atoms with Crippen LogP contribution in [0.5, 0.6) is 0 Å². The molecule has 2 aliphatic carbocycles. The molecule has 0 amide bonds. The van der Waals surface area contributed by atoms with Crippen molar-refractivity contribution in [1.29, 1.82) is 0 Å². The summed E-state index contributed by atoms with van der Waals surface area (Å²) in [5, 5.41) is 0. The van der Waals surface area contributed by atoms with Gasteiger partial charge in [0.15, 0.2) is 11.5 Å². The van der Waals surface area contributed by atoms with Crippen molar-refractivity contribution in [3.05, 3.63) is 70.8 Å². The van der Waals surface area contributed by atoms with Gasteiger partial charge < -0.3 is 15.4 Å². The molecule has 2 aromatic heterocycles. The number of piperidine rings is 1. The first-order valence-electron chi connectivity index (χ1n) is 13.1. The van der Waals surface area contributed by atoms with Crippen LogP contribution in [-0.2, 0) is 11.2 Å². The lowest BCUT2D eigenvalue weighted by Crippen LogP contribution is -2.45. The maximum absolute atomic E-state index is 13.1. The molecule has 3 aliphatic rings. The van der Waals surface area contributed by atoms with Crippen molar-refractivity contribution in [1.82, 2.24) is 15.0 Å². The van der Waals surface area contributed by atoms with Gasteiger partial charge in [0.2, 0.25) is 0 Å². The summed E-state index contributed by atoms with van der Waals surface area (Å²) in [6.45, 7) is 5.63. The van der Waals surface area contributed by atoms with Gasteiger partial charge in [-0.1, -0.05) is 24.3 Å². The number of pyridine rings is 1. The van der Waals surface area contributed by atoms with Crippen molar-refractivity contribution in [2.24, 2.45) is 11.1 Å². The number of nitrogens with two attached hydrogens (primary N) is 1. The first kappa shape index (κ1) is 23.1. The number of hydrogen-bond acceptors (Lipinski definition) is 7. The van der Waals surface area contributed by atoms with E-state index in [1.807, 2.05) is 26.1 Å². The molecule has 186 valence electrons. The molecular weight excluding hydrogens is 450 g/mol. The maximum Gasteiger partial charge on any atom is 0.360 e. The number of rotatable bonds is 5. The summed E-state index contributed by atoms with van der Waals surface area (Å²) < 4.78 is 5.41. The fourth-order valence-corrected chi connectivity index (χ4v) is 6.01. The molecule has 1 atom stereocenters. The summed E-state index contributed by atoms with van der Waals surface area (Å²) in [5.74, 6) is 0.726. The van der Waals surface area contributed by atoms with Crippen molar-refractivity contribution in [2.75, 3.05) is 24.6 Å². The predicted octanol–water partition coefficient (Wildman–Crippen LogP) is 4.74. The Balaban J connectivity index is 1.31. The zero-order chi connectivity index (χ0) is 24.9. The van der Waals surface area contributed by atoms with Crippen LogP contribution in [0.3, 0.4) is 0 Å². The van der Waals surface area contributed by atoms with Crippen LogP contribution in [-0.4, -0.2) is 40.6 Å². The molecule has 1 aliphatic heterocycles. The molecule has 6 rings (SSSR count). The number of hydrogen-bond donors (Lipinski definition) is 1. The lowest BCUT2D eigenvalue weighted by Gasteiger charge is -2.42. The van der Waals surface area contributed by atoms with E-state index in [0.29, 0.717) is 24.0 Å². The number of fused-ring (bicyclic) bond motifs is 1. The summed E-state index contributed by atoms with van der Waals surface area (Å²) >= 11 is 0. The van der Waals surface area contributed by atoms with Gasteiger partial charge in [-0.25, -0.2) is 14.8 Å². The van der Waals surface area contributed by atoms with Crippen LogP contribution in [0.1, 0.15) is 77.6 Å². The molecule has 0 bridgehead atoms. The van der Waals surface area contributed by atoms with Gasteiger partial charge in [0.25, 0.3) is 0 Å². The highest BCUT2D eigenvalue weighted by atomic mass is 16.5. The van der Waals surface area contributed by atoms with Crippen LogP contribution >= 0.6 is 0 Å². The number of esters is 1. The number of aromatic nitrogens is 3. The molecule has 3 aromatic rings. The van der Waals surface area contributed by atoms with Gasteiger partial charge in [0, 0.05) is 42.5 Å². The molecule has 2 N–H and O–H groups in total. The smallest absolute Gasteiger partial charge is 0.360 e. The molecule has 1 spiro atoms. The number of benzene rings is 1. The van der Waals surface area contributed by atoms with E-state index < -0.39 is 5.97 Å². The summed E-state index contributed by atoms with van der Waals surface area (Å²) in [7, 11) is 0. The minimum Gasteiger partial charge on any atom is -0.461 e. The highest BCUT2D eigenvalue weighted by Crippen LogP contribution is 2.51. The normalized spacial score (nSPS) is 20.4. The van der Waals surface area contributed by atoms with Crippen LogP contribution in [0.4, 0.5) is 5.82 Å². The Morgan fingerprint density at radius 2 is 1.94 bits per heavy atom. The Bertz CT molecular complexity index is 1310. The van der Waals surface area contributed by atoms with Crippen LogP contribution in [0.15, 0.2) is 42.6 Å². The van der Waals surface area contributed by atoms with Gasteiger partial charge in [-0.15, -0.1) is 0 Å². The SMILES string of the molecule is CCOC(=O)c1nc(-c2ccnc(C3CC3)c2)c(C)nc1N1CCC2(CC1)Cc1ccccc1[C@H]2N. The number of carbonyl (C=O) groups excluding carboxylic acids is 1. The molecule has 1 saturated carbocycles. The zero-order valence-corrected chi connectivity index (χ0v) is 21.0. The monoisotopic (exact) mass is 483 g/mol. The van der Waals surface area contributed by atoms with E-state index >= 15 is 0 Å². The first-order chi connectivity index (χ1) is 17.5. The topological polar surface area (TPSA) is 94.2 Å². The zero-order valence-electron chi connectivity index (χ0n) is 21.0. The third kappa shape index (κ3) is 3.95. The highest BCUT2D eigenvalue weighted by molar-refractivity contribution is 5.93. The fraction of sp³-hybridized carbons (Fsp3) is 0.448. The van der Waals surface area contributed by atoms with E-state index in [-0.39, 0.29) is 17.2 Å². The molecule has 0 radical (unpaired) electrons. The number of ether oxygens (including phenoxy) is 1. The molecular formula is C29H33N5O2. The second-order valence-electron chi connectivity index (χ2n) is 10.5. The largest absolute Gasteiger partial charge is 0.461 e. The molecule has 1 saturated heterocycles. The number of nitrogens with zero attached hydrogens (tertiary/aromatic N) is 4. The molecule has 7 nitrogen and oxygen atoms in total. The van der Waals surface area contributed by atoms with E-state index in [1.54, 1.807) is 0 Å². The van der Waals surface area contributed by atoms with Crippen molar-refractivity contribution < 1.29 is 9.53 Å². The van der Waals surface area contributed by atoms with Crippen molar-refractivity contribution in [3.63, 3.8) is 0 Å². The van der Waals surface area contributed by atoms with Crippen molar-refractivity contribution >= 4 is 11.8 Å². The molecule has 0 unspecified atom stereocenters. The standard InChI is InChI=1S/C29H33N5O2/c1-3-36-28(35)25-27(32-18(2)24(33-25)20-10-13-31-23(16-20)19-8-9-19)34-14-11-29(12-15-34)17-21-6-4-5-7-22(21)26(29)30/h4-7,10,13,16,19,26H,3,8-9,11-12,14-15,17,30H2,1-2H3/t26-/m1/s1. The molecule has 7 heteroatoms. The Hall–Kier alpha value is -3.32. The molecule has 36 heavy (non-hydrogen) atoms. The van der Waals surface area contributed by atoms with E-state index in [0.717, 1.165) is 49.3 Å². The van der Waals surface area contributed by atoms with E-state index in [4.69, 9.17) is 20.4 Å². The second kappa shape index (κ2) is 8.96.